The van der Waals surface area contributed by atoms with Crippen molar-refractivity contribution in [1.82, 2.24) is 4.57 Å². The zero-order valence-corrected chi connectivity index (χ0v) is 14.8. The first kappa shape index (κ1) is 16.6. The molecule has 1 atom stereocenters. The average Bonchev–Trinajstić information content (AvgIpc) is 3.09. The third-order valence-electron chi connectivity index (χ3n) is 4.93. The van der Waals surface area contributed by atoms with Gasteiger partial charge in [0.2, 0.25) is 0 Å². The minimum atomic E-state index is -0.306. The predicted octanol–water partition coefficient (Wildman–Crippen LogP) is 4.88. The number of nitrogens with zero attached hydrogens (tertiary/aromatic N) is 1. The lowest BCUT2D eigenvalue weighted by atomic mass is 9.88. The van der Waals surface area contributed by atoms with E-state index in [2.05, 4.69) is 42.1 Å². The summed E-state index contributed by atoms with van der Waals surface area (Å²) in [5.74, 6) is -0.306. The first-order valence-electron chi connectivity index (χ1n) is 8.78. The lowest BCUT2D eigenvalue weighted by Crippen LogP contribution is -2.37. The summed E-state index contributed by atoms with van der Waals surface area (Å²) in [7, 11) is 1.41. The lowest BCUT2D eigenvalue weighted by molar-refractivity contribution is 0.0600. The number of nitrogens with one attached hydrogen (secondary N) is 1. The molecule has 1 unspecified atom stereocenters. The fourth-order valence-electron chi connectivity index (χ4n) is 3.58. The third kappa shape index (κ3) is 2.93. The van der Waals surface area contributed by atoms with Crippen LogP contribution in [0.1, 0.15) is 62.0 Å². The molecule has 0 saturated carbocycles. The van der Waals surface area contributed by atoms with Crippen LogP contribution in [-0.4, -0.2) is 17.6 Å². The maximum Gasteiger partial charge on any atom is 0.337 e. The Morgan fingerprint density at radius 2 is 2.08 bits per heavy atom. The lowest BCUT2D eigenvalue weighted by Gasteiger charge is -2.38. The molecule has 128 valence electrons. The van der Waals surface area contributed by atoms with Crippen molar-refractivity contribution in [2.24, 2.45) is 0 Å². The molecule has 3 rings (SSSR count). The van der Waals surface area contributed by atoms with Gasteiger partial charge in [-0.25, -0.2) is 4.79 Å². The van der Waals surface area contributed by atoms with Crippen LogP contribution in [0.5, 0.6) is 0 Å². The van der Waals surface area contributed by atoms with Gasteiger partial charge in [0, 0.05) is 11.9 Å². The number of benzene rings is 1. The number of esters is 1. The summed E-state index contributed by atoms with van der Waals surface area (Å²) in [5, 5.41) is 3.70. The van der Waals surface area contributed by atoms with Crippen LogP contribution in [0.3, 0.4) is 0 Å². The smallest absolute Gasteiger partial charge is 0.337 e. The molecule has 0 aliphatic carbocycles. The summed E-state index contributed by atoms with van der Waals surface area (Å²) < 4.78 is 7.04. The number of methoxy groups -OCH3 is 1. The Balaban J connectivity index is 1.92. The molecular formula is C20H26N2O2. The van der Waals surface area contributed by atoms with Gasteiger partial charge in [-0.05, 0) is 43.7 Å². The van der Waals surface area contributed by atoms with Crippen molar-refractivity contribution in [3.8, 4) is 5.69 Å². The van der Waals surface area contributed by atoms with E-state index in [1.807, 2.05) is 18.2 Å². The fraction of sp³-hybridized carbons (Fsp3) is 0.450. The Kier molecular flexibility index (Phi) is 4.65. The van der Waals surface area contributed by atoms with E-state index >= 15 is 0 Å². The Bertz CT molecular complexity index is 735. The molecule has 2 aromatic rings. The van der Waals surface area contributed by atoms with Crippen LogP contribution >= 0.6 is 0 Å². The van der Waals surface area contributed by atoms with Crippen molar-refractivity contribution in [2.45, 2.75) is 51.5 Å². The average molecular weight is 326 g/mol. The summed E-state index contributed by atoms with van der Waals surface area (Å²) in [6.45, 7) is 4.50. The van der Waals surface area contributed by atoms with E-state index in [0.717, 1.165) is 17.8 Å². The first-order chi connectivity index (χ1) is 11.6. The third-order valence-corrected chi connectivity index (χ3v) is 4.93. The molecule has 1 N–H and O–H groups in total. The molecule has 24 heavy (non-hydrogen) atoms. The number of ether oxygens (including phenoxy) is 1. The van der Waals surface area contributed by atoms with E-state index in [1.54, 1.807) is 0 Å². The van der Waals surface area contributed by atoms with E-state index in [0.29, 0.717) is 5.56 Å². The van der Waals surface area contributed by atoms with E-state index in [-0.39, 0.29) is 11.5 Å². The Labute approximate surface area is 143 Å². The maximum absolute atomic E-state index is 11.8. The van der Waals surface area contributed by atoms with Crippen molar-refractivity contribution in [1.29, 1.82) is 0 Å². The number of hydrogen-bond donors (Lipinski definition) is 1. The highest BCUT2D eigenvalue weighted by atomic mass is 16.5. The number of carbonyl (C=O) groups is 1. The molecule has 1 aliphatic rings. The van der Waals surface area contributed by atoms with Crippen molar-refractivity contribution < 1.29 is 9.53 Å². The van der Waals surface area contributed by atoms with Crippen LogP contribution < -0.4 is 5.32 Å². The van der Waals surface area contributed by atoms with Crippen LogP contribution in [-0.2, 0) is 10.3 Å². The largest absolute Gasteiger partial charge is 0.465 e. The normalized spacial score (nSPS) is 18.5. The Morgan fingerprint density at radius 3 is 2.83 bits per heavy atom. The number of unbranched alkanes of at least 4 members (excludes halogenated alkanes) is 3. The van der Waals surface area contributed by atoms with Crippen molar-refractivity contribution in [3.63, 3.8) is 0 Å². The number of hydrogen-bond acceptors (Lipinski definition) is 3. The number of aromatic nitrogens is 1. The van der Waals surface area contributed by atoms with E-state index in [1.165, 1.54) is 38.5 Å². The van der Waals surface area contributed by atoms with Gasteiger partial charge in [0.15, 0.2) is 0 Å². The van der Waals surface area contributed by atoms with Gasteiger partial charge in [0.05, 0.1) is 29.6 Å². The summed E-state index contributed by atoms with van der Waals surface area (Å²) in [6, 6.07) is 9.94. The van der Waals surface area contributed by atoms with Crippen molar-refractivity contribution in [3.05, 3.63) is 47.8 Å². The van der Waals surface area contributed by atoms with E-state index < -0.39 is 0 Å². The molecular weight excluding hydrogens is 300 g/mol. The zero-order chi connectivity index (χ0) is 17.2. The van der Waals surface area contributed by atoms with E-state index in [9.17, 15) is 4.79 Å². The van der Waals surface area contributed by atoms with Gasteiger partial charge in [0.25, 0.3) is 0 Å². The first-order valence-corrected chi connectivity index (χ1v) is 8.78. The summed E-state index contributed by atoms with van der Waals surface area (Å²) >= 11 is 0. The van der Waals surface area contributed by atoms with Crippen LogP contribution in [0.2, 0.25) is 0 Å². The van der Waals surface area contributed by atoms with Gasteiger partial charge in [-0.1, -0.05) is 32.6 Å². The zero-order valence-electron chi connectivity index (χ0n) is 14.8. The molecule has 0 radical (unpaired) electrons. The minimum absolute atomic E-state index is 0.0863. The van der Waals surface area contributed by atoms with Crippen LogP contribution in [0.4, 0.5) is 5.69 Å². The molecule has 0 bridgehead atoms. The quantitative estimate of drug-likeness (QED) is 0.608. The maximum atomic E-state index is 11.8. The van der Waals surface area contributed by atoms with Gasteiger partial charge < -0.3 is 14.6 Å². The second-order valence-electron chi connectivity index (χ2n) is 6.75. The van der Waals surface area contributed by atoms with E-state index in [4.69, 9.17) is 4.74 Å². The van der Waals surface area contributed by atoms with Gasteiger partial charge in [-0.15, -0.1) is 0 Å². The molecule has 1 aliphatic heterocycles. The van der Waals surface area contributed by atoms with Gasteiger partial charge in [-0.3, -0.25) is 0 Å². The minimum Gasteiger partial charge on any atom is -0.465 e. The van der Waals surface area contributed by atoms with Gasteiger partial charge in [0.1, 0.15) is 0 Å². The highest BCUT2D eigenvalue weighted by Gasteiger charge is 2.34. The molecule has 2 heterocycles. The fourth-order valence-corrected chi connectivity index (χ4v) is 3.58. The molecule has 0 fully saturated rings. The predicted molar refractivity (Wildman–Crippen MR) is 96.8 cm³/mol. The van der Waals surface area contributed by atoms with Crippen LogP contribution in [0.25, 0.3) is 5.69 Å². The highest BCUT2D eigenvalue weighted by molar-refractivity contribution is 5.91. The van der Waals surface area contributed by atoms with Gasteiger partial charge in [-0.2, -0.15) is 0 Å². The molecule has 4 heteroatoms. The molecule has 0 spiro atoms. The highest BCUT2D eigenvalue weighted by Crippen LogP contribution is 2.40. The summed E-state index contributed by atoms with van der Waals surface area (Å²) in [4.78, 5) is 11.8. The Hall–Kier alpha value is -2.23. The number of fused-ring (bicyclic) bond motifs is 3. The second-order valence-corrected chi connectivity index (χ2v) is 6.75. The summed E-state index contributed by atoms with van der Waals surface area (Å²) in [6.07, 6.45) is 8.17. The molecule has 1 aromatic heterocycles. The molecule has 1 aromatic carbocycles. The van der Waals surface area contributed by atoms with Crippen LogP contribution in [0.15, 0.2) is 36.5 Å². The SMILES string of the molecule is CCCCCCC1(C)Nc2ccc(C(=O)OC)cc2-n2cccc21. The van der Waals surface area contributed by atoms with Crippen molar-refractivity contribution in [2.75, 3.05) is 12.4 Å². The Morgan fingerprint density at radius 1 is 1.25 bits per heavy atom. The molecule has 4 nitrogen and oxygen atoms in total. The number of anilines is 1. The number of carbonyl (C=O) groups excluding carboxylic acids is 1. The molecule has 0 saturated heterocycles. The summed E-state index contributed by atoms with van der Waals surface area (Å²) in [5.41, 5.74) is 3.79. The topological polar surface area (TPSA) is 43.3 Å². The molecule has 0 amide bonds. The number of rotatable bonds is 6. The second kappa shape index (κ2) is 6.71. The van der Waals surface area contributed by atoms with Gasteiger partial charge >= 0.3 is 5.97 Å². The standard InChI is InChI=1S/C20H26N2O2/c1-4-5-6-7-12-20(2)18-9-8-13-22(18)17-14-15(19(23)24-3)10-11-16(17)21-20/h8-11,13-14,21H,4-7,12H2,1-3H3. The van der Waals surface area contributed by atoms with Crippen LogP contribution in [0, 0.1) is 0 Å². The monoisotopic (exact) mass is 326 g/mol. The van der Waals surface area contributed by atoms with Crippen molar-refractivity contribution >= 4 is 11.7 Å².